The number of hydrogen-bond acceptors (Lipinski definition) is 1. The van der Waals surface area contributed by atoms with Crippen LogP contribution in [0, 0.1) is 6.92 Å². The summed E-state index contributed by atoms with van der Waals surface area (Å²) < 4.78 is 1.03. The van der Waals surface area contributed by atoms with Gasteiger partial charge in [0.1, 0.15) is 0 Å². The molecular weight excluding hydrogens is 266 g/mol. The van der Waals surface area contributed by atoms with Gasteiger partial charge < -0.3 is 4.90 Å². The monoisotopic (exact) mass is 281 g/mol. The Bertz CT molecular complexity index is 403. The van der Waals surface area contributed by atoms with E-state index in [1.807, 2.05) is 17.0 Å². The second-order valence-corrected chi connectivity index (χ2v) is 5.20. The Morgan fingerprint density at radius 2 is 2.06 bits per heavy atom. The van der Waals surface area contributed by atoms with Gasteiger partial charge in [0.2, 0.25) is 5.91 Å². The van der Waals surface area contributed by atoms with Crippen molar-refractivity contribution < 1.29 is 4.79 Å². The lowest BCUT2D eigenvalue weighted by molar-refractivity contribution is -0.118. The Labute approximate surface area is 105 Å². The molecule has 86 valence electrons. The number of nitrogens with zero attached hydrogens (tertiary/aromatic N) is 1. The molecule has 1 saturated heterocycles. The first-order valence-corrected chi connectivity index (χ1v) is 6.54. The molecule has 1 aromatic carbocycles. The Morgan fingerprint density at radius 1 is 1.25 bits per heavy atom. The van der Waals surface area contributed by atoms with Crippen molar-refractivity contribution in [3.8, 4) is 0 Å². The van der Waals surface area contributed by atoms with Crippen LogP contribution in [0.25, 0.3) is 0 Å². The molecule has 0 bridgehead atoms. The maximum atomic E-state index is 12.0. The number of rotatable bonds is 1. The molecule has 0 saturated carbocycles. The highest BCUT2D eigenvalue weighted by molar-refractivity contribution is 9.10. The predicted molar refractivity (Wildman–Crippen MR) is 69.7 cm³/mol. The van der Waals surface area contributed by atoms with Crippen LogP contribution in [0.4, 0.5) is 5.69 Å². The number of aryl methyl sites for hydroxylation is 1. The molecule has 1 amide bonds. The summed E-state index contributed by atoms with van der Waals surface area (Å²) in [7, 11) is 0. The highest BCUT2D eigenvalue weighted by Crippen LogP contribution is 2.27. The van der Waals surface area contributed by atoms with Crippen LogP contribution >= 0.6 is 15.9 Å². The summed E-state index contributed by atoms with van der Waals surface area (Å²) in [6.45, 7) is 2.91. The van der Waals surface area contributed by atoms with Gasteiger partial charge in [-0.1, -0.05) is 28.4 Å². The van der Waals surface area contributed by atoms with Gasteiger partial charge in [0.15, 0.2) is 0 Å². The van der Waals surface area contributed by atoms with Crippen LogP contribution in [0.1, 0.15) is 31.2 Å². The summed E-state index contributed by atoms with van der Waals surface area (Å²) in [5.74, 6) is 0.263. The van der Waals surface area contributed by atoms with Gasteiger partial charge in [0.25, 0.3) is 0 Å². The molecule has 1 aliphatic rings. The normalized spacial score (nSPS) is 17.4. The first kappa shape index (κ1) is 11.6. The number of halogens is 1. The van der Waals surface area contributed by atoms with E-state index in [9.17, 15) is 4.79 Å². The highest BCUT2D eigenvalue weighted by Gasteiger charge is 2.19. The highest BCUT2D eigenvalue weighted by atomic mass is 79.9. The molecule has 1 heterocycles. The Balaban J connectivity index is 2.33. The number of anilines is 1. The number of benzene rings is 1. The van der Waals surface area contributed by atoms with Gasteiger partial charge in [-0.15, -0.1) is 0 Å². The SMILES string of the molecule is Cc1ccc(Br)cc1N1CCCCCC1=O. The van der Waals surface area contributed by atoms with E-state index in [4.69, 9.17) is 0 Å². The van der Waals surface area contributed by atoms with Crippen molar-refractivity contribution in [2.45, 2.75) is 32.6 Å². The summed E-state index contributed by atoms with van der Waals surface area (Å²) >= 11 is 3.46. The topological polar surface area (TPSA) is 20.3 Å². The summed E-state index contributed by atoms with van der Waals surface area (Å²) in [5.41, 5.74) is 2.22. The van der Waals surface area contributed by atoms with E-state index in [0.717, 1.165) is 36.0 Å². The molecule has 1 fully saturated rings. The third-order valence-electron chi connectivity index (χ3n) is 3.04. The Kier molecular flexibility index (Phi) is 3.64. The molecule has 3 heteroatoms. The van der Waals surface area contributed by atoms with Gasteiger partial charge in [-0.2, -0.15) is 0 Å². The summed E-state index contributed by atoms with van der Waals surface area (Å²) in [4.78, 5) is 13.9. The minimum absolute atomic E-state index is 0.263. The van der Waals surface area contributed by atoms with Gasteiger partial charge in [0.05, 0.1) is 0 Å². The maximum absolute atomic E-state index is 12.0. The van der Waals surface area contributed by atoms with Crippen molar-refractivity contribution in [1.82, 2.24) is 0 Å². The first-order chi connectivity index (χ1) is 7.68. The van der Waals surface area contributed by atoms with Gasteiger partial charge in [-0.3, -0.25) is 4.79 Å². The zero-order valence-corrected chi connectivity index (χ0v) is 11.1. The van der Waals surface area contributed by atoms with Crippen molar-refractivity contribution in [3.05, 3.63) is 28.2 Å². The Morgan fingerprint density at radius 3 is 2.88 bits per heavy atom. The molecule has 1 aromatic rings. The first-order valence-electron chi connectivity index (χ1n) is 5.75. The molecule has 0 aromatic heterocycles. The fourth-order valence-corrected chi connectivity index (χ4v) is 2.46. The third kappa shape index (κ3) is 2.46. The molecule has 0 unspecified atom stereocenters. The van der Waals surface area contributed by atoms with Crippen LogP contribution in [0.15, 0.2) is 22.7 Å². The zero-order chi connectivity index (χ0) is 11.5. The second kappa shape index (κ2) is 5.00. The molecule has 2 rings (SSSR count). The molecule has 0 radical (unpaired) electrons. The molecule has 0 aliphatic carbocycles. The minimum atomic E-state index is 0.263. The van der Waals surface area contributed by atoms with Crippen molar-refractivity contribution in [3.63, 3.8) is 0 Å². The van der Waals surface area contributed by atoms with Crippen LogP contribution in [-0.4, -0.2) is 12.5 Å². The lowest BCUT2D eigenvalue weighted by Gasteiger charge is -2.22. The standard InChI is InChI=1S/C13H16BrNO/c1-10-6-7-11(14)9-12(10)15-8-4-2-3-5-13(15)16/h6-7,9H,2-5,8H2,1H3. The molecule has 1 aliphatic heterocycles. The fourth-order valence-electron chi connectivity index (χ4n) is 2.11. The Hall–Kier alpha value is -0.830. The van der Waals surface area contributed by atoms with Crippen molar-refractivity contribution >= 4 is 27.5 Å². The van der Waals surface area contributed by atoms with Crippen molar-refractivity contribution in [1.29, 1.82) is 0 Å². The minimum Gasteiger partial charge on any atom is -0.312 e. The van der Waals surface area contributed by atoms with E-state index in [1.54, 1.807) is 0 Å². The van der Waals surface area contributed by atoms with E-state index in [0.29, 0.717) is 6.42 Å². The number of hydrogen-bond donors (Lipinski definition) is 0. The van der Waals surface area contributed by atoms with Gasteiger partial charge in [0, 0.05) is 23.1 Å². The summed E-state index contributed by atoms with van der Waals surface area (Å²) in [6, 6.07) is 6.11. The quantitative estimate of drug-likeness (QED) is 0.769. The van der Waals surface area contributed by atoms with Crippen LogP contribution in [-0.2, 0) is 4.79 Å². The molecule has 16 heavy (non-hydrogen) atoms. The zero-order valence-electron chi connectivity index (χ0n) is 9.50. The van der Waals surface area contributed by atoms with E-state index in [1.165, 1.54) is 5.56 Å². The predicted octanol–water partition coefficient (Wildman–Crippen LogP) is 3.66. The van der Waals surface area contributed by atoms with Gasteiger partial charge >= 0.3 is 0 Å². The number of amides is 1. The molecule has 0 atom stereocenters. The van der Waals surface area contributed by atoms with Crippen LogP contribution < -0.4 is 4.90 Å². The molecule has 0 N–H and O–H groups in total. The van der Waals surface area contributed by atoms with E-state index >= 15 is 0 Å². The lowest BCUT2D eigenvalue weighted by atomic mass is 10.1. The van der Waals surface area contributed by atoms with E-state index < -0.39 is 0 Å². The molecule has 0 spiro atoms. The van der Waals surface area contributed by atoms with Crippen molar-refractivity contribution in [2.75, 3.05) is 11.4 Å². The average Bonchev–Trinajstić information content (AvgIpc) is 2.47. The summed E-state index contributed by atoms with van der Waals surface area (Å²) in [6.07, 6.45) is 3.99. The average molecular weight is 282 g/mol. The van der Waals surface area contributed by atoms with Crippen LogP contribution in [0.3, 0.4) is 0 Å². The summed E-state index contributed by atoms with van der Waals surface area (Å²) in [5, 5.41) is 0. The van der Waals surface area contributed by atoms with Gasteiger partial charge in [-0.25, -0.2) is 0 Å². The van der Waals surface area contributed by atoms with Crippen molar-refractivity contribution in [2.24, 2.45) is 0 Å². The van der Waals surface area contributed by atoms with E-state index in [-0.39, 0.29) is 5.91 Å². The third-order valence-corrected chi connectivity index (χ3v) is 3.53. The van der Waals surface area contributed by atoms with E-state index in [2.05, 4.69) is 28.9 Å². The largest absolute Gasteiger partial charge is 0.312 e. The number of carbonyl (C=O) groups is 1. The molecular formula is C13H16BrNO. The molecule has 2 nitrogen and oxygen atoms in total. The van der Waals surface area contributed by atoms with Crippen LogP contribution in [0.2, 0.25) is 0 Å². The smallest absolute Gasteiger partial charge is 0.226 e. The lowest BCUT2D eigenvalue weighted by Crippen LogP contribution is -2.30. The fraction of sp³-hybridized carbons (Fsp3) is 0.462. The van der Waals surface area contributed by atoms with Gasteiger partial charge in [-0.05, 0) is 37.5 Å². The number of carbonyl (C=O) groups excluding carboxylic acids is 1. The maximum Gasteiger partial charge on any atom is 0.226 e. The second-order valence-electron chi connectivity index (χ2n) is 4.29. The van der Waals surface area contributed by atoms with Crippen LogP contribution in [0.5, 0.6) is 0 Å².